The number of ether oxygens (including phenoxy) is 2. The Bertz CT molecular complexity index is 756. The topological polar surface area (TPSA) is 66.5 Å². The van der Waals surface area contributed by atoms with Gasteiger partial charge < -0.3 is 19.8 Å². The number of allylic oxidation sites excluding steroid dienone is 1. The highest BCUT2D eigenvalue weighted by molar-refractivity contribution is 5.90. The molecule has 0 unspecified atom stereocenters. The van der Waals surface area contributed by atoms with Crippen LogP contribution in [-0.4, -0.2) is 18.3 Å². The van der Waals surface area contributed by atoms with Gasteiger partial charge in [-0.2, -0.15) is 0 Å². The summed E-state index contributed by atoms with van der Waals surface area (Å²) in [6.07, 6.45) is 1.94. The maximum Gasteiger partial charge on any atom is 0.297 e. The SMILES string of the molecule is COc1c(OCC=C(C)C)c2ccc(N)cc2n(C)c1=O. The van der Waals surface area contributed by atoms with Gasteiger partial charge in [-0.05, 0) is 38.1 Å². The minimum absolute atomic E-state index is 0.205. The van der Waals surface area contributed by atoms with Gasteiger partial charge in [0.25, 0.3) is 5.56 Å². The Morgan fingerprint density at radius 1 is 1.33 bits per heavy atom. The van der Waals surface area contributed by atoms with E-state index in [1.165, 1.54) is 11.7 Å². The lowest BCUT2D eigenvalue weighted by atomic mass is 10.1. The minimum Gasteiger partial charge on any atom is -0.488 e. The number of benzene rings is 1. The number of methoxy groups -OCH3 is 1. The first-order valence-electron chi connectivity index (χ1n) is 6.68. The molecule has 21 heavy (non-hydrogen) atoms. The normalized spacial score (nSPS) is 10.5. The van der Waals surface area contributed by atoms with Gasteiger partial charge in [-0.3, -0.25) is 4.79 Å². The van der Waals surface area contributed by atoms with E-state index >= 15 is 0 Å². The molecule has 1 heterocycles. The van der Waals surface area contributed by atoms with Gasteiger partial charge in [0.15, 0.2) is 5.75 Å². The van der Waals surface area contributed by atoms with Crippen LogP contribution in [-0.2, 0) is 7.05 Å². The van der Waals surface area contributed by atoms with Crippen LogP contribution in [0.3, 0.4) is 0 Å². The van der Waals surface area contributed by atoms with Crippen molar-refractivity contribution in [2.75, 3.05) is 19.5 Å². The molecule has 0 radical (unpaired) electrons. The van der Waals surface area contributed by atoms with E-state index in [0.717, 1.165) is 11.0 Å². The van der Waals surface area contributed by atoms with Gasteiger partial charge >= 0.3 is 0 Å². The number of hydrogen-bond donors (Lipinski definition) is 1. The summed E-state index contributed by atoms with van der Waals surface area (Å²) in [5.74, 6) is 0.657. The number of aromatic nitrogens is 1. The van der Waals surface area contributed by atoms with Crippen LogP contribution in [0, 0.1) is 0 Å². The fourth-order valence-electron chi connectivity index (χ4n) is 2.11. The second kappa shape index (κ2) is 5.91. The maximum absolute atomic E-state index is 12.3. The number of nitrogen functional groups attached to an aromatic ring is 1. The average molecular weight is 288 g/mol. The Kier molecular flexibility index (Phi) is 4.21. The summed E-state index contributed by atoms with van der Waals surface area (Å²) in [5, 5.41) is 0.797. The highest BCUT2D eigenvalue weighted by atomic mass is 16.5. The number of aryl methyl sites for hydroxylation is 1. The van der Waals surface area contributed by atoms with Crippen molar-refractivity contribution in [1.29, 1.82) is 0 Å². The molecule has 0 atom stereocenters. The quantitative estimate of drug-likeness (QED) is 0.693. The Morgan fingerprint density at radius 2 is 2.05 bits per heavy atom. The molecule has 112 valence electrons. The fourth-order valence-corrected chi connectivity index (χ4v) is 2.11. The largest absolute Gasteiger partial charge is 0.488 e. The van der Waals surface area contributed by atoms with Crippen LogP contribution in [0.4, 0.5) is 5.69 Å². The zero-order valence-corrected chi connectivity index (χ0v) is 12.8. The molecule has 2 N–H and O–H groups in total. The third kappa shape index (κ3) is 2.86. The van der Waals surface area contributed by atoms with Crippen LogP contribution >= 0.6 is 0 Å². The van der Waals surface area contributed by atoms with Crippen LogP contribution in [0.15, 0.2) is 34.6 Å². The zero-order chi connectivity index (χ0) is 15.6. The lowest BCUT2D eigenvalue weighted by molar-refractivity contribution is 0.325. The minimum atomic E-state index is -0.247. The van der Waals surface area contributed by atoms with Gasteiger partial charge in [-0.25, -0.2) is 0 Å². The predicted octanol–water partition coefficient (Wildman–Crippen LogP) is 2.47. The molecule has 0 bridgehead atoms. The first kappa shape index (κ1) is 15.0. The third-order valence-electron chi connectivity index (χ3n) is 3.26. The molecule has 0 aliphatic rings. The summed E-state index contributed by atoms with van der Waals surface area (Å²) in [5.41, 5.74) is 8.01. The first-order chi connectivity index (χ1) is 9.95. The lowest BCUT2D eigenvalue weighted by Gasteiger charge is -2.15. The van der Waals surface area contributed by atoms with Gasteiger partial charge in [0.2, 0.25) is 5.75 Å². The first-order valence-corrected chi connectivity index (χ1v) is 6.68. The summed E-state index contributed by atoms with van der Waals surface area (Å²) < 4.78 is 12.5. The van der Waals surface area contributed by atoms with Crippen molar-refractivity contribution in [3.8, 4) is 11.5 Å². The van der Waals surface area contributed by atoms with E-state index < -0.39 is 0 Å². The molecule has 1 aromatic carbocycles. The smallest absolute Gasteiger partial charge is 0.297 e. The van der Waals surface area contributed by atoms with E-state index in [1.807, 2.05) is 26.0 Å². The van der Waals surface area contributed by atoms with Crippen LogP contribution in [0.1, 0.15) is 13.8 Å². The summed E-state index contributed by atoms with van der Waals surface area (Å²) in [4.78, 5) is 12.3. The van der Waals surface area contributed by atoms with E-state index in [2.05, 4.69) is 0 Å². The Balaban J connectivity index is 2.68. The van der Waals surface area contributed by atoms with Gasteiger partial charge in [0.05, 0.1) is 12.6 Å². The molecular weight excluding hydrogens is 268 g/mol. The Hall–Kier alpha value is -2.43. The number of pyridine rings is 1. The van der Waals surface area contributed by atoms with Crippen molar-refractivity contribution in [2.45, 2.75) is 13.8 Å². The van der Waals surface area contributed by atoms with E-state index in [0.29, 0.717) is 23.6 Å². The maximum atomic E-state index is 12.3. The van der Waals surface area contributed by atoms with Crippen molar-refractivity contribution in [2.24, 2.45) is 7.05 Å². The zero-order valence-electron chi connectivity index (χ0n) is 12.8. The third-order valence-corrected chi connectivity index (χ3v) is 3.26. The average Bonchev–Trinajstić information content (AvgIpc) is 2.44. The monoisotopic (exact) mass is 288 g/mol. The molecule has 2 aromatic rings. The summed E-state index contributed by atoms with van der Waals surface area (Å²) in [7, 11) is 3.15. The number of nitrogens with zero attached hydrogens (tertiary/aromatic N) is 1. The number of rotatable bonds is 4. The van der Waals surface area contributed by atoms with Crippen LogP contribution in [0.25, 0.3) is 10.9 Å². The summed E-state index contributed by atoms with van der Waals surface area (Å²) in [6, 6.07) is 5.37. The molecule has 2 rings (SSSR count). The molecule has 0 aliphatic carbocycles. The van der Waals surface area contributed by atoms with Crippen molar-refractivity contribution in [1.82, 2.24) is 4.57 Å². The van der Waals surface area contributed by atoms with Gasteiger partial charge in [0.1, 0.15) is 6.61 Å². The standard InChI is InChI=1S/C16H20N2O3/c1-10(2)7-8-21-14-12-6-5-11(17)9-13(12)18(3)16(19)15(14)20-4/h5-7,9H,8,17H2,1-4H3. The number of hydrogen-bond acceptors (Lipinski definition) is 4. The number of nitrogens with two attached hydrogens (primary N) is 1. The molecule has 1 aromatic heterocycles. The Labute approximate surface area is 123 Å². The van der Waals surface area contributed by atoms with Crippen molar-refractivity contribution in [3.63, 3.8) is 0 Å². The molecule has 0 fully saturated rings. The van der Waals surface area contributed by atoms with Crippen LogP contribution in [0.5, 0.6) is 11.5 Å². The molecule has 5 nitrogen and oxygen atoms in total. The second-order valence-electron chi connectivity index (χ2n) is 5.10. The Morgan fingerprint density at radius 3 is 2.67 bits per heavy atom. The van der Waals surface area contributed by atoms with Gasteiger partial charge in [-0.1, -0.05) is 5.57 Å². The molecule has 0 saturated heterocycles. The van der Waals surface area contributed by atoms with Crippen molar-refractivity contribution in [3.05, 3.63) is 40.2 Å². The van der Waals surface area contributed by atoms with Crippen LogP contribution in [0.2, 0.25) is 0 Å². The summed E-state index contributed by atoms with van der Waals surface area (Å²) in [6.45, 7) is 4.36. The number of fused-ring (bicyclic) bond motifs is 1. The van der Waals surface area contributed by atoms with Crippen LogP contribution < -0.4 is 20.8 Å². The molecule has 0 amide bonds. The van der Waals surface area contributed by atoms with E-state index in [4.69, 9.17) is 15.2 Å². The highest BCUT2D eigenvalue weighted by Crippen LogP contribution is 2.33. The fraction of sp³-hybridized carbons (Fsp3) is 0.312. The lowest BCUT2D eigenvalue weighted by Crippen LogP contribution is -2.20. The molecule has 5 heteroatoms. The second-order valence-corrected chi connectivity index (χ2v) is 5.10. The van der Waals surface area contributed by atoms with Crippen molar-refractivity contribution < 1.29 is 9.47 Å². The predicted molar refractivity (Wildman–Crippen MR) is 85.1 cm³/mol. The molecule has 0 saturated carbocycles. The molecule has 0 aliphatic heterocycles. The van der Waals surface area contributed by atoms with Gasteiger partial charge in [-0.15, -0.1) is 0 Å². The van der Waals surface area contributed by atoms with E-state index in [-0.39, 0.29) is 11.3 Å². The molecular formula is C16H20N2O3. The number of anilines is 1. The van der Waals surface area contributed by atoms with E-state index in [1.54, 1.807) is 19.2 Å². The molecule has 0 spiro atoms. The van der Waals surface area contributed by atoms with Gasteiger partial charge in [0, 0.05) is 18.1 Å². The van der Waals surface area contributed by atoms with Crippen molar-refractivity contribution >= 4 is 16.6 Å². The van der Waals surface area contributed by atoms with E-state index in [9.17, 15) is 4.79 Å². The highest BCUT2D eigenvalue weighted by Gasteiger charge is 2.17. The summed E-state index contributed by atoms with van der Waals surface area (Å²) >= 11 is 0.